The van der Waals surface area contributed by atoms with Gasteiger partial charge in [0, 0.05) is 5.57 Å². The van der Waals surface area contributed by atoms with Crippen LogP contribution < -0.4 is 5.32 Å². The van der Waals surface area contributed by atoms with Gasteiger partial charge in [0.05, 0.1) is 4.48 Å². The molecule has 1 heterocycles. The largest absolute Gasteiger partial charge is 0.288 e. The van der Waals surface area contributed by atoms with E-state index in [2.05, 4.69) is 21.2 Å². The molecule has 0 spiro atoms. The Labute approximate surface area is 60.2 Å². The molecular weight excluding hydrogens is 186 g/mol. The third-order valence-corrected chi connectivity index (χ3v) is 2.05. The van der Waals surface area contributed by atoms with E-state index < -0.39 is 0 Å². The summed E-state index contributed by atoms with van der Waals surface area (Å²) < 4.78 is 0.340. The van der Waals surface area contributed by atoms with Gasteiger partial charge in [-0.25, -0.2) is 0 Å². The Kier molecular flexibility index (Phi) is 1.40. The first-order valence-electron chi connectivity index (χ1n) is 2.35. The van der Waals surface area contributed by atoms with Gasteiger partial charge in [-0.05, 0) is 22.9 Å². The Morgan fingerprint density at radius 1 is 1.33 bits per heavy atom. The van der Waals surface area contributed by atoms with Crippen LogP contribution in [0.3, 0.4) is 0 Å². The summed E-state index contributed by atoms with van der Waals surface area (Å²) in [6.07, 6.45) is 0. The van der Waals surface area contributed by atoms with Gasteiger partial charge in [0.15, 0.2) is 0 Å². The zero-order valence-corrected chi connectivity index (χ0v) is 6.28. The fourth-order valence-electron chi connectivity index (χ4n) is 0.522. The average Bonchev–Trinajstić information content (AvgIpc) is 1.98. The maximum atomic E-state index is 10.6. The van der Waals surface area contributed by atoms with Crippen molar-refractivity contribution in [2.24, 2.45) is 0 Å². The summed E-state index contributed by atoms with van der Waals surface area (Å²) in [6.45, 7) is 1.59. The van der Waals surface area contributed by atoms with Gasteiger partial charge in [-0.3, -0.25) is 14.9 Å². The number of amides is 2. The maximum absolute atomic E-state index is 10.6. The molecule has 0 bridgehead atoms. The first-order valence-corrected chi connectivity index (χ1v) is 3.14. The van der Waals surface area contributed by atoms with E-state index in [4.69, 9.17) is 0 Å². The third kappa shape index (κ3) is 0.896. The number of hydrogen-bond donors (Lipinski definition) is 1. The van der Waals surface area contributed by atoms with Crippen LogP contribution in [-0.4, -0.2) is 11.8 Å². The minimum absolute atomic E-state index is 0.313. The highest BCUT2D eigenvalue weighted by atomic mass is 79.9. The molecule has 4 heteroatoms. The molecule has 0 aromatic carbocycles. The van der Waals surface area contributed by atoms with Crippen LogP contribution in [0.2, 0.25) is 0 Å². The van der Waals surface area contributed by atoms with Crippen molar-refractivity contribution in [1.29, 1.82) is 0 Å². The molecule has 1 rings (SSSR count). The SMILES string of the molecule is CC1=C(Br)C(=O)NC1=O. The molecule has 0 saturated carbocycles. The van der Waals surface area contributed by atoms with Crippen LogP contribution in [0.1, 0.15) is 6.92 Å². The summed E-state index contributed by atoms with van der Waals surface area (Å²) in [5.41, 5.74) is 0.444. The molecule has 9 heavy (non-hydrogen) atoms. The highest BCUT2D eigenvalue weighted by Crippen LogP contribution is 2.16. The van der Waals surface area contributed by atoms with Gasteiger partial charge in [0.2, 0.25) is 0 Å². The van der Waals surface area contributed by atoms with Crippen molar-refractivity contribution in [1.82, 2.24) is 5.32 Å². The van der Waals surface area contributed by atoms with E-state index in [9.17, 15) is 9.59 Å². The van der Waals surface area contributed by atoms with E-state index in [1.54, 1.807) is 6.92 Å². The second-order valence-corrected chi connectivity index (χ2v) is 2.52. The Morgan fingerprint density at radius 2 is 1.89 bits per heavy atom. The van der Waals surface area contributed by atoms with Crippen molar-refractivity contribution in [3.8, 4) is 0 Å². The maximum Gasteiger partial charge on any atom is 0.265 e. The molecule has 1 aliphatic heterocycles. The highest BCUT2D eigenvalue weighted by molar-refractivity contribution is 9.12. The number of imide groups is 1. The van der Waals surface area contributed by atoms with E-state index in [1.165, 1.54) is 0 Å². The van der Waals surface area contributed by atoms with Gasteiger partial charge in [0.1, 0.15) is 0 Å². The van der Waals surface area contributed by atoms with Gasteiger partial charge in [-0.15, -0.1) is 0 Å². The fourth-order valence-corrected chi connectivity index (χ4v) is 0.801. The monoisotopic (exact) mass is 189 g/mol. The lowest BCUT2D eigenvalue weighted by Crippen LogP contribution is -2.22. The molecule has 0 aromatic heterocycles. The van der Waals surface area contributed by atoms with Gasteiger partial charge in [-0.2, -0.15) is 0 Å². The number of hydrogen-bond acceptors (Lipinski definition) is 2. The molecule has 1 aliphatic rings. The minimum atomic E-state index is -0.350. The van der Waals surface area contributed by atoms with Crippen molar-refractivity contribution < 1.29 is 9.59 Å². The van der Waals surface area contributed by atoms with Crippen LogP contribution in [0, 0.1) is 0 Å². The predicted molar refractivity (Wildman–Crippen MR) is 34.8 cm³/mol. The molecule has 0 saturated heterocycles. The summed E-state index contributed by atoms with van der Waals surface area (Å²) >= 11 is 2.96. The molecule has 0 aromatic rings. The van der Waals surface area contributed by atoms with Crippen LogP contribution in [0.25, 0.3) is 0 Å². The molecule has 1 N–H and O–H groups in total. The number of halogens is 1. The molecule has 0 atom stereocenters. The smallest absolute Gasteiger partial charge is 0.265 e. The summed E-state index contributed by atoms with van der Waals surface area (Å²) in [4.78, 5) is 21.1. The highest BCUT2D eigenvalue weighted by Gasteiger charge is 2.24. The summed E-state index contributed by atoms with van der Waals surface area (Å²) in [7, 11) is 0. The zero-order chi connectivity index (χ0) is 7.02. The second-order valence-electron chi connectivity index (χ2n) is 1.72. The molecule has 0 unspecified atom stereocenters. The lowest BCUT2D eigenvalue weighted by atomic mass is 10.3. The number of carbonyl (C=O) groups is 2. The second kappa shape index (κ2) is 1.95. The third-order valence-electron chi connectivity index (χ3n) is 1.10. The summed E-state index contributed by atoms with van der Waals surface area (Å²) in [5.74, 6) is -0.663. The predicted octanol–water partition coefficient (Wildman–Crippen LogP) is 0.312. The molecule has 0 radical (unpaired) electrons. The van der Waals surface area contributed by atoms with E-state index in [1.807, 2.05) is 0 Å². The Bertz CT molecular complexity index is 197. The van der Waals surface area contributed by atoms with Crippen LogP contribution in [0.4, 0.5) is 0 Å². The molecular formula is C5H4BrNO2. The van der Waals surface area contributed by atoms with E-state index in [-0.39, 0.29) is 11.8 Å². The van der Waals surface area contributed by atoms with Gasteiger partial charge < -0.3 is 0 Å². The quantitative estimate of drug-likeness (QED) is 0.558. The van der Waals surface area contributed by atoms with Crippen molar-refractivity contribution >= 4 is 27.7 Å². The van der Waals surface area contributed by atoms with Crippen molar-refractivity contribution in [3.63, 3.8) is 0 Å². The van der Waals surface area contributed by atoms with E-state index in [0.29, 0.717) is 10.1 Å². The molecule has 0 aliphatic carbocycles. The Morgan fingerprint density at radius 3 is 2.00 bits per heavy atom. The van der Waals surface area contributed by atoms with Gasteiger partial charge in [0.25, 0.3) is 11.8 Å². The standard InChI is InChI=1S/C5H4BrNO2/c1-2-3(6)5(9)7-4(2)8/h1H3,(H,7,8,9). The van der Waals surface area contributed by atoms with E-state index >= 15 is 0 Å². The van der Waals surface area contributed by atoms with Crippen molar-refractivity contribution in [2.45, 2.75) is 6.92 Å². The van der Waals surface area contributed by atoms with Crippen LogP contribution >= 0.6 is 15.9 Å². The normalized spacial score (nSPS) is 18.9. The summed E-state index contributed by atoms with van der Waals surface area (Å²) in [5, 5.41) is 2.12. The fraction of sp³-hybridized carbons (Fsp3) is 0.200. The van der Waals surface area contributed by atoms with Crippen molar-refractivity contribution in [2.75, 3.05) is 0 Å². The molecule has 2 amide bonds. The van der Waals surface area contributed by atoms with Gasteiger partial charge in [-0.1, -0.05) is 0 Å². The first kappa shape index (κ1) is 6.48. The summed E-state index contributed by atoms with van der Waals surface area (Å²) in [6, 6.07) is 0. The lowest BCUT2D eigenvalue weighted by molar-refractivity contribution is -0.123. The number of carbonyl (C=O) groups excluding carboxylic acids is 2. The first-order chi connectivity index (χ1) is 4.13. The zero-order valence-electron chi connectivity index (χ0n) is 4.69. The van der Waals surface area contributed by atoms with Crippen LogP contribution in [-0.2, 0) is 9.59 Å². The lowest BCUT2D eigenvalue weighted by Gasteiger charge is -1.84. The van der Waals surface area contributed by atoms with E-state index in [0.717, 1.165) is 0 Å². The van der Waals surface area contributed by atoms with Crippen LogP contribution in [0.5, 0.6) is 0 Å². The molecule has 48 valence electrons. The molecule has 3 nitrogen and oxygen atoms in total. The topological polar surface area (TPSA) is 46.2 Å². The Balaban J connectivity index is 3.06. The number of nitrogens with one attached hydrogen (secondary N) is 1. The Hall–Kier alpha value is -0.640. The van der Waals surface area contributed by atoms with Crippen LogP contribution in [0.15, 0.2) is 10.1 Å². The average molecular weight is 190 g/mol. The van der Waals surface area contributed by atoms with Gasteiger partial charge >= 0.3 is 0 Å². The number of rotatable bonds is 0. The minimum Gasteiger partial charge on any atom is -0.288 e. The van der Waals surface area contributed by atoms with Crippen molar-refractivity contribution in [3.05, 3.63) is 10.1 Å². The molecule has 0 fully saturated rings.